The van der Waals surface area contributed by atoms with E-state index in [2.05, 4.69) is 0 Å². The first-order valence-electron chi connectivity index (χ1n) is 8.61. The van der Waals surface area contributed by atoms with Crippen LogP contribution in [0.2, 0.25) is 0 Å². The van der Waals surface area contributed by atoms with Gasteiger partial charge in [0.15, 0.2) is 0 Å². The Morgan fingerprint density at radius 1 is 0.778 bits per heavy atom. The molecule has 0 aliphatic heterocycles. The number of esters is 1. The highest BCUT2D eigenvalue weighted by Crippen LogP contribution is 2.18. The van der Waals surface area contributed by atoms with Gasteiger partial charge in [-0.2, -0.15) is 0 Å². The Kier molecular flexibility index (Phi) is 7.59. The first kappa shape index (κ1) is 20.2. The average molecular weight is 364 g/mol. The summed E-state index contributed by atoms with van der Waals surface area (Å²) in [4.78, 5) is 11.8. The van der Waals surface area contributed by atoms with Crippen LogP contribution in [0.15, 0.2) is 72.8 Å². The average Bonchev–Trinajstić information content (AvgIpc) is 2.70. The van der Waals surface area contributed by atoms with Crippen LogP contribution in [0.25, 0.3) is 0 Å². The van der Waals surface area contributed by atoms with E-state index in [1.165, 1.54) is 5.56 Å². The third kappa shape index (κ3) is 6.60. The molecule has 0 aromatic heterocycles. The molecule has 0 fully saturated rings. The van der Waals surface area contributed by atoms with Gasteiger partial charge in [0.05, 0.1) is 19.3 Å². The molecule has 0 saturated heterocycles. The van der Waals surface area contributed by atoms with Crippen LogP contribution < -0.4 is 9.47 Å². The molecule has 140 valence electrons. The Bertz CT molecular complexity index is 835. The summed E-state index contributed by atoms with van der Waals surface area (Å²) in [6.45, 7) is 4.14. The number of rotatable bonds is 4. The van der Waals surface area contributed by atoms with Crippen molar-refractivity contribution in [1.29, 1.82) is 0 Å². The van der Waals surface area contributed by atoms with Crippen molar-refractivity contribution >= 4 is 5.97 Å². The minimum Gasteiger partial charge on any atom is -0.497 e. The molecule has 0 aliphatic carbocycles. The zero-order chi connectivity index (χ0) is 19.6. The van der Waals surface area contributed by atoms with Gasteiger partial charge in [0, 0.05) is 0 Å². The van der Waals surface area contributed by atoms with E-state index >= 15 is 0 Å². The lowest BCUT2D eigenvalue weighted by Crippen LogP contribution is -2.08. The molecule has 0 spiro atoms. The second kappa shape index (κ2) is 10.1. The number of ether oxygens (including phenoxy) is 2. The third-order valence-corrected chi connectivity index (χ3v) is 3.86. The number of aliphatic hydroxyl groups is 1. The molecule has 1 N–H and O–H groups in total. The molecule has 0 radical (unpaired) electrons. The van der Waals surface area contributed by atoms with Crippen molar-refractivity contribution in [3.63, 3.8) is 0 Å². The Morgan fingerprint density at radius 2 is 1.26 bits per heavy atom. The summed E-state index contributed by atoms with van der Waals surface area (Å²) in [5.41, 5.74) is 3.85. The van der Waals surface area contributed by atoms with E-state index in [1.54, 1.807) is 43.5 Å². The topological polar surface area (TPSA) is 55.8 Å². The normalized spacial score (nSPS) is 9.78. The van der Waals surface area contributed by atoms with Crippen molar-refractivity contribution in [3.8, 4) is 11.5 Å². The second-order valence-electron chi connectivity index (χ2n) is 6.07. The minimum absolute atomic E-state index is 0.139. The first-order chi connectivity index (χ1) is 13.0. The van der Waals surface area contributed by atoms with Crippen LogP contribution in [0.3, 0.4) is 0 Å². The van der Waals surface area contributed by atoms with Crippen molar-refractivity contribution in [2.75, 3.05) is 7.11 Å². The lowest BCUT2D eigenvalue weighted by atomic mass is 10.1. The number of aryl methyl sites for hydroxylation is 2. The molecule has 4 heteroatoms. The molecule has 0 unspecified atom stereocenters. The van der Waals surface area contributed by atoms with E-state index in [4.69, 9.17) is 14.6 Å². The Labute approximate surface area is 160 Å². The highest BCUT2D eigenvalue weighted by Gasteiger charge is 2.07. The predicted molar refractivity (Wildman–Crippen MR) is 106 cm³/mol. The minimum atomic E-state index is -0.361. The third-order valence-electron chi connectivity index (χ3n) is 3.86. The van der Waals surface area contributed by atoms with Gasteiger partial charge in [0.1, 0.15) is 11.5 Å². The van der Waals surface area contributed by atoms with Gasteiger partial charge in [-0.25, -0.2) is 4.79 Å². The number of carbonyl (C=O) groups is 1. The van der Waals surface area contributed by atoms with Crippen LogP contribution in [0.1, 0.15) is 27.0 Å². The van der Waals surface area contributed by atoms with Crippen molar-refractivity contribution in [2.24, 2.45) is 0 Å². The lowest BCUT2D eigenvalue weighted by molar-refractivity contribution is 0.0734. The Balaban J connectivity index is 0.000000244. The SMILES string of the molecule is COc1ccc(OC(=O)c2ccc(C)cc2)cc1.Cc1ccc(CO)cc1. The number of methoxy groups -OCH3 is 1. The molecule has 27 heavy (non-hydrogen) atoms. The molecule has 0 heterocycles. The van der Waals surface area contributed by atoms with Crippen LogP contribution >= 0.6 is 0 Å². The zero-order valence-corrected chi connectivity index (χ0v) is 15.8. The van der Waals surface area contributed by atoms with E-state index in [9.17, 15) is 4.79 Å². The molecule has 3 aromatic carbocycles. The van der Waals surface area contributed by atoms with Gasteiger partial charge < -0.3 is 14.6 Å². The van der Waals surface area contributed by atoms with Crippen LogP contribution in [0.4, 0.5) is 0 Å². The van der Waals surface area contributed by atoms with Crippen molar-refractivity contribution < 1.29 is 19.4 Å². The van der Waals surface area contributed by atoms with Gasteiger partial charge in [0.2, 0.25) is 0 Å². The Morgan fingerprint density at radius 3 is 1.74 bits per heavy atom. The highest BCUT2D eigenvalue weighted by molar-refractivity contribution is 5.91. The van der Waals surface area contributed by atoms with Crippen LogP contribution in [-0.4, -0.2) is 18.2 Å². The maximum atomic E-state index is 11.8. The smallest absolute Gasteiger partial charge is 0.343 e. The lowest BCUT2D eigenvalue weighted by Gasteiger charge is -2.05. The van der Waals surface area contributed by atoms with E-state index in [0.717, 1.165) is 16.9 Å². The molecule has 0 bridgehead atoms. The second-order valence-corrected chi connectivity index (χ2v) is 6.07. The van der Waals surface area contributed by atoms with Gasteiger partial charge in [-0.1, -0.05) is 47.5 Å². The maximum absolute atomic E-state index is 11.8. The van der Waals surface area contributed by atoms with Gasteiger partial charge in [-0.15, -0.1) is 0 Å². The molecule has 0 saturated carbocycles. The maximum Gasteiger partial charge on any atom is 0.343 e. The number of carbonyl (C=O) groups excluding carboxylic acids is 1. The summed E-state index contributed by atoms with van der Waals surface area (Å²) in [7, 11) is 1.59. The molecule has 0 atom stereocenters. The Hall–Kier alpha value is -3.11. The van der Waals surface area contributed by atoms with Crippen molar-refractivity contribution in [3.05, 3.63) is 95.1 Å². The summed E-state index contributed by atoms with van der Waals surface area (Å²) >= 11 is 0. The van der Waals surface area contributed by atoms with Gasteiger partial charge in [0.25, 0.3) is 0 Å². The zero-order valence-electron chi connectivity index (χ0n) is 15.8. The quantitative estimate of drug-likeness (QED) is 0.538. The van der Waals surface area contributed by atoms with E-state index < -0.39 is 0 Å². The summed E-state index contributed by atoms with van der Waals surface area (Å²) in [6, 6.07) is 22.0. The van der Waals surface area contributed by atoms with E-state index in [0.29, 0.717) is 11.3 Å². The predicted octanol–water partition coefficient (Wildman–Crippen LogP) is 4.71. The standard InChI is InChI=1S/C15H14O3.C8H10O/c1-11-3-5-12(6-4-11)15(16)18-14-9-7-13(17-2)8-10-14;1-7-2-4-8(6-9)5-3-7/h3-10H,1-2H3;2-5,9H,6H2,1H3. The molecule has 3 aromatic rings. The summed E-state index contributed by atoms with van der Waals surface area (Å²) in [5.74, 6) is 0.867. The fourth-order valence-corrected chi connectivity index (χ4v) is 2.19. The van der Waals surface area contributed by atoms with Gasteiger partial charge in [-0.3, -0.25) is 0 Å². The van der Waals surface area contributed by atoms with Crippen molar-refractivity contribution in [1.82, 2.24) is 0 Å². The highest BCUT2D eigenvalue weighted by atomic mass is 16.5. The van der Waals surface area contributed by atoms with Gasteiger partial charge in [-0.05, 0) is 55.8 Å². The number of hydrogen-bond acceptors (Lipinski definition) is 4. The fraction of sp³-hybridized carbons (Fsp3) is 0.174. The monoisotopic (exact) mass is 364 g/mol. The van der Waals surface area contributed by atoms with Crippen LogP contribution in [-0.2, 0) is 6.61 Å². The van der Waals surface area contributed by atoms with E-state index in [-0.39, 0.29) is 12.6 Å². The number of aliphatic hydroxyl groups excluding tert-OH is 1. The molecular weight excluding hydrogens is 340 g/mol. The first-order valence-corrected chi connectivity index (χ1v) is 8.61. The number of benzene rings is 3. The molecule has 3 rings (SSSR count). The largest absolute Gasteiger partial charge is 0.497 e. The van der Waals surface area contributed by atoms with Gasteiger partial charge >= 0.3 is 5.97 Å². The molecule has 4 nitrogen and oxygen atoms in total. The summed E-state index contributed by atoms with van der Waals surface area (Å²) in [5, 5.41) is 8.63. The van der Waals surface area contributed by atoms with Crippen LogP contribution in [0, 0.1) is 13.8 Å². The number of hydrogen-bond donors (Lipinski definition) is 1. The van der Waals surface area contributed by atoms with Crippen molar-refractivity contribution in [2.45, 2.75) is 20.5 Å². The molecule has 0 aliphatic rings. The summed E-state index contributed by atoms with van der Waals surface area (Å²) < 4.78 is 10.3. The molecule has 0 amide bonds. The van der Waals surface area contributed by atoms with E-state index in [1.807, 2.05) is 50.2 Å². The summed E-state index contributed by atoms with van der Waals surface area (Å²) in [6.07, 6.45) is 0. The fourth-order valence-electron chi connectivity index (χ4n) is 2.19. The molecular formula is C23H24O4. The van der Waals surface area contributed by atoms with Crippen LogP contribution in [0.5, 0.6) is 11.5 Å².